The molecule has 1 aliphatic rings. The molecule has 0 saturated heterocycles. The van der Waals surface area contributed by atoms with Gasteiger partial charge in [0.25, 0.3) is 0 Å². The van der Waals surface area contributed by atoms with Crippen molar-refractivity contribution in [3.8, 4) is 0 Å². The molecule has 0 saturated carbocycles. The zero-order chi connectivity index (χ0) is 15.9. The minimum atomic E-state index is -0.261. The van der Waals surface area contributed by atoms with E-state index < -0.39 is 0 Å². The molecule has 0 fully saturated rings. The van der Waals surface area contributed by atoms with Crippen LogP contribution in [0.2, 0.25) is 0 Å². The maximum absolute atomic E-state index is 12.4. The Morgan fingerprint density at radius 3 is 2.86 bits per heavy atom. The van der Waals surface area contributed by atoms with Gasteiger partial charge in [0.15, 0.2) is 0 Å². The minimum absolute atomic E-state index is 0.0795. The Kier molecular flexibility index (Phi) is 3.74. The van der Waals surface area contributed by atoms with Crippen LogP contribution in [0.3, 0.4) is 0 Å². The molecule has 2 aromatic rings. The number of nitrogens with zero attached hydrogens (tertiary/aromatic N) is 6. The normalized spacial score (nSPS) is 18.3. The van der Waals surface area contributed by atoms with Crippen LogP contribution in [-0.4, -0.2) is 55.9 Å². The van der Waals surface area contributed by atoms with Gasteiger partial charge in [-0.25, -0.2) is 0 Å². The van der Waals surface area contributed by atoms with Crippen molar-refractivity contribution in [1.82, 2.24) is 29.4 Å². The highest BCUT2D eigenvalue weighted by Crippen LogP contribution is 2.23. The summed E-state index contributed by atoms with van der Waals surface area (Å²) in [5, 5.41) is 8.72. The van der Waals surface area contributed by atoms with Crippen LogP contribution < -0.4 is 0 Å². The van der Waals surface area contributed by atoms with E-state index in [2.05, 4.69) is 21.2 Å². The SMILES string of the molecule is Cc1cc(CN2Cc3ccnn3[C@@H](C(=O)N(C)C)C2)n(C)n1. The van der Waals surface area contributed by atoms with Crippen LogP contribution in [0.5, 0.6) is 0 Å². The number of hydrogen-bond acceptors (Lipinski definition) is 4. The second-order valence-electron chi connectivity index (χ2n) is 6.09. The summed E-state index contributed by atoms with van der Waals surface area (Å²) in [7, 11) is 5.53. The molecule has 0 N–H and O–H groups in total. The first-order valence-electron chi connectivity index (χ1n) is 7.41. The number of carbonyl (C=O) groups is 1. The van der Waals surface area contributed by atoms with Gasteiger partial charge in [-0.2, -0.15) is 10.2 Å². The van der Waals surface area contributed by atoms with Gasteiger partial charge in [-0.1, -0.05) is 0 Å². The fraction of sp³-hybridized carbons (Fsp3) is 0.533. The maximum Gasteiger partial charge on any atom is 0.248 e. The summed E-state index contributed by atoms with van der Waals surface area (Å²) in [6.45, 7) is 4.23. The van der Waals surface area contributed by atoms with Crippen molar-refractivity contribution in [3.05, 3.63) is 35.4 Å². The van der Waals surface area contributed by atoms with Gasteiger partial charge in [0.2, 0.25) is 5.91 Å². The van der Waals surface area contributed by atoms with Crippen LogP contribution in [0.15, 0.2) is 18.3 Å². The number of fused-ring (bicyclic) bond motifs is 1. The van der Waals surface area contributed by atoms with E-state index in [0.29, 0.717) is 6.54 Å². The summed E-state index contributed by atoms with van der Waals surface area (Å²) in [6.07, 6.45) is 1.77. The van der Waals surface area contributed by atoms with Gasteiger partial charge in [-0.15, -0.1) is 0 Å². The van der Waals surface area contributed by atoms with Crippen molar-refractivity contribution in [2.24, 2.45) is 7.05 Å². The second-order valence-corrected chi connectivity index (χ2v) is 6.09. The Morgan fingerprint density at radius 1 is 1.45 bits per heavy atom. The molecule has 1 amide bonds. The van der Waals surface area contributed by atoms with Gasteiger partial charge in [0.1, 0.15) is 6.04 Å². The Hall–Kier alpha value is -2.15. The molecule has 1 aliphatic heterocycles. The lowest BCUT2D eigenvalue weighted by atomic mass is 10.1. The summed E-state index contributed by atoms with van der Waals surface area (Å²) in [4.78, 5) is 16.4. The van der Waals surface area contributed by atoms with E-state index in [1.165, 1.54) is 0 Å². The van der Waals surface area contributed by atoms with Crippen molar-refractivity contribution in [1.29, 1.82) is 0 Å². The Morgan fingerprint density at radius 2 is 2.23 bits per heavy atom. The molecule has 3 heterocycles. The first-order valence-corrected chi connectivity index (χ1v) is 7.41. The topological polar surface area (TPSA) is 59.2 Å². The van der Waals surface area contributed by atoms with Gasteiger partial charge in [0.05, 0.1) is 17.1 Å². The van der Waals surface area contributed by atoms with Crippen LogP contribution in [0.4, 0.5) is 0 Å². The third-order valence-corrected chi connectivity index (χ3v) is 4.07. The summed E-state index contributed by atoms with van der Waals surface area (Å²) < 4.78 is 3.76. The number of aryl methyl sites for hydroxylation is 2. The van der Waals surface area contributed by atoms with Gasteiger partial charge < -0.3 is 4.90 Å². The lowest BCUT2D eigenvalue weighted by molar-refractivity contribution is -0.134. The van der Waals surface area contributed by atoms with E-state index in [1.807, 2.05) is 29.4 Å². The third kappa shape index (κ3) is 2.64. The molecule has 7 heteroatoms. The van der Waals surface area contributed by atoms with Gasteiger partial charge in [-0.3, -0.25) is 19.1 Å². The van der Waals surface area contributed by atoms with Crippen LogP contribution in [0, 0.1) is 6.92 Å². The number of carbonyl (C=O) groups excluding carboxylic acids is 1. The van der Waals surface area contributed by atoms with Crippen molar-refractivity contribution in [3.63, 3.8) is 0 Å². The van der Waals surface area contributed by atoms with E-state index >= 15 is 0 Å². The molecule has 0 aliphatic carbocycles. The molecular formula is C15H22N6O. The number of amides is 1. The average Bonchev–Trinajstić information content (AvgIpc) is 3.04. The lowest BCUT2D eigenvalue weighted by Gasteiger charge is -2.34. The van der Waals surface area contributed by atoms with Crippen LogP contribution in [0.1, 0.15) is 23.1 Å². The number of rotatable bonds is 3. The summed E-state index contributed by atoms with van der Waals surface area (Å²) >= 11 is 0. The molecule has 118 valence electrons. The Balaban J connectivity index is 1.84. The van der Waals surface area contributed by atoms with Crippen LogP contribution in [-0.2, 0) is 24.9 Å². The molecule has 0 radical (unpaired) electrons. The van der Waals surface area contributed by atoms with Crippen LogP contribution >= 0.6 is 0 Å². The molecular weight excluding hydrogens is 280 g/mol. The zero-order valence-electron chi connectivity index (χ0n) is 13.5. The number of likely N-dealkylation sites (N-methyl/N-ethyl adjacent to an activating group) is 1. The molecule has 0 unspecified atom stereocenters. The Labute approximate surface area is 130 Å². The molecule has 0 spiro atoms. The maximum atomic E-state index is 12.4. The first kappa shape index (κ1) is 14.8. The largest absolute Gasteiger partial charge is 0.347 e. The molecule has 0 bridgehead atoms. The van der Waals surface area contributed by atoms with Crippen molar-refractivity contribution < 1.29 is 4.79 Å². The van der Waals surface area contributed by atoms with Crippen molar-refractivity contribution in [2.45, 2.75) is 26.1 Å². The van der Waals surface area contributed by atoms with E-state index in [0.717, 1.165) is 30.2 Å². The zero-order valence-corrected chi connectivity index (χ0v) is 13.5. The monoisotopic (exact) mass is 302 g/mol. The smallest absolute Gasteiger partial charge is 0.248 e. The summed E-state index contributed by atoms with van der Waals surface area (Å²) in [5.41, 5.74) is 3.24. The highest BCUT2D eigenvalue weighted by Gasteiger charge is 2.32. The third-order valence-electron chi connectivity index (χ3n) is 4.07. The molecule has 2 aromatic heterocycles. The fourth-order valence-electron chi connectivity index (χ4n) is 3.01. The van der Waals surface area contributed by atoms with E-state index in [4.69, 9.17) is 0 Å². The number of aromatic nitrogens is 4. The van der Waals surface area contributed by atoms with E-state index in [-0.39, 0.29) is 11.9 Å². The average molecular weight is 302 g/mol. The van der Waals surface area contributed by atoms with Gasteiger partial charge >= 0.3 is 0 Å². The second kappa shape index (κ2) is 5.57. The van der Waals surface area contributed by atoms with Crippen LogP contribution in [0.25, 0.3) is 0 Å². The van der Waals surface area contributed by atoms with Crippen molar-refractivity contribution in [2.75, 3.05) is 20.6 Å². The number of hydrogen-bond donors (Lipinski definition) is 0. The summed E-state index contributed by atoms with van der Waals surface area (Å²) in [5.74, 6) is 0.0795. The minimum Gasteiger partial charge on any atom is -0.347 e. The summed E-state index contributed by atoms with van der Waals surface area (Å²) in [6, 6.07) is 3.81. The molecule has 0 aromatic carbocycles. The molecule has 7 nitrogen and oxygen atoms in total. The highest BCUT2D eigenvalue weighted by molar-refractivity contribution is 5.80. The predicted molar refractivity (Wildman–Crippen MR) is 82.0 cm³/mol. The standard InChI is InChI=1S/C15H22N6O/c1-11-7-13(19(4)17-11)9-20-8-12-5-6-16-21(12)14(10-20)15(22)18(2)3/h5-7,14H,8-10H2,1-4H3/t14-/m1/s1. The Bertz CT molecular complexity index is 686. The van der Waals surface area contributed by atoms with E-state index in [9.17, 15) is 4.79 Å². The quantitative estimate of drug-likeness (QED) is 0.832. The molecule has 1 atom stereocenters. The molecule has 3 rings (SSSR count). The van der Waals surface area contributed by atoms with Crippen molar-refractivity contribution >= 4 is 5.91 Å². The first-order chi connectivity index (χ1) is 10.5. The predicted octanol–water partition coefficient (Wildman–Crippen LogP) is 0.570. The van der Waals surface area contributed by atoms with E-state index in [1.54, 1.807) is 25.2 Å². The fourth-order valence-corrected chi connectivity index (χ4v) is 3.01. The van der Waals surface area contributed by atoms with Gasteiger partial charge in [-0.05, 0) is 19.1 Å². The highest BCUT2D eigenvalue weighted by atomic mass is 16.2. The molecule has 22 heavy (non-hydrogen) atoms. The lowest BCUT2D eigenvalue weighted by Crippen LogP contribution is -2.44. The van der Waals surface area contributed by atoms with Gasteiger partial charge in [0, 0.05) is 47.0 Å².